The molecule has 4 N–H and O–H groups in total. The van der Waals surface area contributed by atoms with Crippen LogP contribution in [0.2, 0.25) is 0 Å². The van der Waals surface area contributed by atoms with Gasteiger partial charge in [-0.2, -0.15) is 0 Å². The molecule has 0 bridgehead atoms. The molecular formula is C4H8ClN3O2. The highest BCUT2D eigenvalue weighted by molar-refractivity contribution is 6.27. The van der Waals surface area contributed by atoms with Crippen molar-refractivity contribution >= 4 is 23.4 Å². The largest absolute Gasteiger partial charge is 0.346 e. The third-order valence-corrected chi connectivity index (χ3v) is 0.971. The molecule has 0 rings (SSSR count). The van der Waals surface area contributed by atoms with Gasteiger partial charge in [-0.1, -0.05) is 0 Å². The molecule has 0 fully saturated rings. The Kier molecular flexibility index (Phi) is 4.61. The van der Waals surface area contributed by atoms with Crippen LogP contribution in [0.25, 0.3) is 0 Å². The fourth-order valence-electron chi connectivity index (χ4n) is 0.277. The minimum absolute atomic E-state index is 0.137. The van der Waals surface area contributed by atoms with E-state index in [9.17, 15) is 9.59 Å². The molecule has 0 aliphatic rings. The van der Waals surface area contributed by atoms with Gasteiger partial charge in [-0.05, 0) is 0 Å². The molecule has 0 aromatic carbocycles. The van der Waals surface area contributed by atoms with Crippen molar-refractivity contribution in [3.63, 3.8) is 0 Å². The van der Waals surface area contributed by atoms with Crippen LogP contribution in [0.1, 0.15) is 0 Å². The summed E-state index contributed by atoms with van der Waals surface area (Å²) in [6, 6.07) is 0. The Morgan fingerprint density at radius 1 is 1.40 bits per heavy atom. The van der Waals surface area contributed by atoms with Crippen LogP contribution in [-0.4, -0.2) is 24.2 Å². The maximum Gasteiger partial charge on any atom is 0.253 e. The molecule has 0 spiro atoms. The first-order valence-electron chi connectivity index (χ1n) is 2.52. The Morgan fingerprint density at radius 2 is 2.00 bits per heavy atom. The number of nitrogens with one attached hydrogen (secondary N) is 2. The summed E-state index contributed by atoms with van der Waals surface area (Å²) in [6.45, 7) is -0.137. The van der Waals surface area contributed by atoms with Crippen LogP contribution in [0.15, 0.2) is 0 Å². The molecule has 0 aliphatic heterocycles. The van der Waals surface area contributed by atoms with Gasteiger partial charge in [-0.15, -0.1) is 11.6 Å². The predicted molar refractivity (Wildman–Crippen MR) is 36.1 cm³/mol. The van der Waals surface area contributed by atoms with Crippen molar-refractivity contribution in [2.45, 2.75) is 0 Å². The molecular weight excluding hydrogens is 158 g/mol. The summed E-state index contributed by atoms with van der Waals surface area (Å²) >= 11 is 5.10. The van der Waals surface area contributed by atoms with E-state index in [1.807, 2.05) is 5.43 Å². The summed E-state index contributed by atoms with van der Waals surface area (Å²) in [6.07, 6.45) is 0. The lowest BCUT2D eigenvalue weighted by atomic mass is 10.6. The first kappa shape index (κ1) is 9.19. The van der Waals surface area contributed by atoms with Crippen molar-refractivity contribution in [2.24, 2.45) is 5.84 Å². The monoisotopic (exact) mass is 165 g/mol. The van der Waals surface area contributed by atoms with Gasteiger partial charge in [0, 0.05) is 0 Å². The van der Waals surface area contributed by atoms with E-state index in [0.717, 1.165) is 0 Å². The highest BCUT2D eigenvalue weighted by Crippen LogP contribution is 1.72. The third kappa shape index (κ3) is 4.11. The highest BCUT2D eigenvalue weighted by atomic mass is 35.5. The van der Waals surface area contributed by atoms with E-state index in [1.165, 1.54) is 0 Å². The standard InChI is InChI=1S/C4H8ClN3O2/c5-1-3(9)7-2-4(10)8-6/h1-2,6H2,(H,7,9)(H,8,10). The summed E-state index contributed by atoms with van der Waals surface area (Å²) < 4.78 is 0. The van der Waals surface area contributed by atoms with Gasteiger partial charge in [0.15, 0.2) is 0 Å². The SMILES string of the molecule is NNC(=O)CNC(=O)CCl. The average molecular weight is 166 g/mol. The Morgan fingerprint density at radius 3 is 2.40 bits per heavy atom. The topological polar surface area (TPSA) is 84.2 Å². The van der Waals surface area contributed by atoms with E-state index >= 15 is 0 Å². The lowest BCUT2D eigenvalue weighted by Gasteiger charge is -1.99. The van der Waals surface area contributed by atoms with Crippen LogP contribution in [-0.2, 0) is 9.59 Å². The molecule has 0 aromatic heterocycles. The number of hydrogen-bond acceptors (Lipinski definition) is 3. The van der Waals surface area contributed by atoms with Crippen molar-refractivity contribution in [1.82, 2.24) is 10.7 Å². The smallest absolute Gasteiger partial charge is 0.253 e. The van der Waals surface area contributed by atoms with Crippen molar-refractivity contribution < 1.29 is 9.59 Å². The van der Waals surface area contributed by atoms with E-state index in [2.05, 4.69) is 5.32 Å². The van der Waals surface area contributed by atoms with Crippen molar-refractivity contribution in [2.75, 3.05) is 12.4 Å². The molecule has 10 heavy (non-hydrogen) atoms. The van der Waals surface area contributed by atoms with Crippen LogP contribution in [0.3, 0.4) is 0 Å². The fraction of sp³-hybridized carbons (Fsp3) is 0.500. The zero-order valence-corrected chi connectivity index (χ0v) is 5.94. The number of carbonyl (C=O) groups is 2. The summed E-state index contributed by atoms with van der Waals surface area (Å²) in [5.74, 6) is 3.70. The Balaban J connectivity index is 3.35. The molecule has 2 amide bonds. The number of alkyl halides is 1. The van der Waals surface area contributed by atoms with Gasteiger partial charge in [0.2, 0.25) is 5.91 Å². The summed E-state index contributed by atoms with van der Waals surface area (Å²) in [4.78, 5) is 20.7. The number of hydrazine groups is 1. The number of carbonyl (C=O) groups excluding carboxylic acids is 2. The number of amides is 2. The first-order chi connectivity index (χ1) is 4.70. The van der Waals surface area contributed by atoms with E-state index in [1.54, 1.807) is 0 Å². The van der Waals surface area contributed by atoms with Gasteiger partial charge < -0.3 is 5.32 Å². The van der Waals surface area contributed by atoms with E-state index < -0.39 is 11.8 Å². The molecule has 0 saturated carbocycles. The summed E-state index contributed by atoms with van der Waals surface area (Å²) in [5, 5.41) is 2.22. The van der Waals surface area contributed by atoms with Gasteiger partial charge in [0.25, 0.3) is 5.91 Å². The summed E-state index contributed by atoms with van der Waals surface area (Å²) in [7, 11) is 0. The maximum absolute atomic E-state index is 10.4. The summed E-state index contributed by atoms with van der Waals surface area (Å²) in [5.41, 5.74) is 1.85. The molecule has 6 heteroatoms. The molecule has 0 saturated heterocycles. The van der Waals surface area contributed by atoms with Crippen molar-refractivity contribution in [1.29, 1.82) is 0 Å². The zero-order chi connectivity index (χ0) is 7.98. The number of hydrogen-bond donors (Lipinski definition) is 3. The fourth-order valence-corrected chi connectivity index (χ4v) is 0.372. The molecule has 0 unspecified atom stereocenters. The van der Waals surface area contributed by atoms with Crippen LogP contribution in [0.5, 0.6) is 0 Å². The quantitative estimate of drug-likeness (QED) is 0.202. The van der Waals surface area contributed by atoms with E-state index in [0.29, 0.717) is 0 Å². The predicted octanol–water partition coefficient (Wildman–Crippen LogP) is -1.67. The molecule has 0 aromatic rings. The van der Waals surface area contributed by atoms with Gasteiger partial charge >= 0.3 is 0 Å². The number of rotatable bonds is 3. The lowest BCUT2D eigenvalue weighted by Crippen LogP contribution is -2.40. The van der Waals surface area contributed by atoms with Crippen LogP contribution in [0.4, 0.5) is 0 Å². The maximum atomic E-state index is 10.4. The third-order valence-electron chi connectivity index (χ3n) is 0.728. The lowest BCUT2D eigenvalue weighted by molar-refractivity contribution is -0.124. The van der Waals surface area contributed by atoms with Gasteiger partial charge in [0.05, 0.1) is 6.54 Å². The van der Waals surface area contributed by atoms with Crippen molar-refractivity contribution in [3.05, 3.63) is 0 Å². The van der Waals surface area contributed by atoms with Crippen LogP contribution >= 0.6 is 11.6 Å². The number of nitrogens with two attached hydrogens (primary N) is 1. The Bertz CT molecular complexity index is 122. The zero-order valence-electron chi connectivity index (χ0n) is 5.19. The van der Waals surface area contributed by atoms with Gasteiger partial charge in [-0.25, -0.2) is 5.84 Å². The molecule has 58 valence electrons. The van der Waals surface area contributed by atoms with Crippen LogP contribution < -0.4 is 16.6 Å². The van der Waals surface area contributed by atoms with Gasteiger partial charge in [-0.3, -0.25) is 15.0 Å². The average Bonchev–Trinajstić information content (AvgIpc) is 1.99. The Hall–Kier alpha value is -0.810. The molecule has 0 radical (unpaired) electrons. The molecule has 0 atom stereocenters. The minimum Gasteiger partial charge on any atom is -0.346 e. The molecule has 0 aliphatic carbocycles. The molecule has 0 heterocycles. The van der Waals surface area contributed by atoms with E-state index in [4.69, 9.17) is 17.4 Å². The Labute approximate surface area is 62.9 Å². The van der Waals surface area contributed by atoms with Crippen molar-refractivity contribution in [3.8, 4) is 0 Å². The minimum atomic E-state index is -0.460. The molecule has 5 nitrogen and oxygen atoms in total. The second kappa shape index (κ2) is 5.01. The number of halogens is 1. The first-order valence-corrected chi connectivity index (χ1v) is 3.06. The van der Waals surface area contributed by atoms with E-state index in [-0.39, 0.29) is 12.4 Å². The van der Waals surface area contributed by atoms with Crippen LogP contribution in [0, 0.1) is 0 Å². The highest BCUT2D eigenvalue weighted by Gasteiger charge is 2.00. The second-order valence-electron chi connectivity index (χ2n) is 1.48. The second-order valence-corrected chi connectivity index (χ2v) is 1.75. The normalized spacial score (nSPS) is 8.60. The van der Waals surface area contributed by atoms with Gasteiger partial charge in [0.1, 0.15) is 5.88 Å².